The molecule has 2 aromatic rings. The number of hydrogen-bond acceptors (Lipinski definition) is 2. The number of ketones is 1. The Hall–Kier alpha value is -2.68. The first-order valence-electron chi connectivity index (χ1n) is 5.78. The van der Waals surface area contributed by atoms with Gasteiger partial charge in [0.1, 0.15) is 17.6 Å². The Bertz CT molecular complexity index is 752. The first-order valence-corrected chi connectivity index (χ1v) is 5.78. The van der Waals surface area contributed by atoms with Crippen LogP contribution in [0.2, 0.25) is 0 Å². The van der Waals surface area contributed by atoms with E-state index in [1.54, 1.807) is 6.07 Å². The lowest BCUT2D eigenvalue weighted by Crippen LogP contribution is -2.13. The van der Waals surface area contributed by atoms with Crippen LogP contribution in [0.3, 0.4) is 0 Å². The van der Waals surface area contributed by atoms with Crippen LogP contribution < -0.4 is 0 Å². The first-order chi connectivity index (χ1) is 9.93. The molecule has 1 unspecified atom stereocenters. The van der Waals surface area contributed by atoms with E-state index in [0.717, 1.165) is 24.3 Å². The van der Waals surface area contributed by atoms with Crippen LogP contribution in [0.25, 0.3) is 0 Å². The van der Waals surface area contributed by atoms with Crippen molar-refractivity contribution in [3.63, 3.8) is 0 Å². The number of carbonyl (C=O) groups is 1. The molecule has 0 aromatic heterocycles. The Morgan fingerprint density at radius 2 is 1.67 bits per heavy atom. The standard InChI is InChI=1S/C15H7F4NO/c16-9-2-3-10(13(18)6-9)11(7-20)15(21)8-1-4-12(17)14(19)5-8/h1-6,11H. The zero-order valence-electron chi connectivity index (χ0n) is 10.4. The number of nitriles is 1. The summed E-state index contributed by atoms with van der Waals surface area (Å²) in [7, 11) is 0. The average molecular weight is 293 g/mol. The fourth-order valence-corrected chi connectivity index (χ4v) is 1.82. The molecule has 0 aliphatic carbocycles. The van der Waals surface area contributed by atoms with E-state index >= 15 is 0 Å². The molecular formula is C15H7F4NO. The molecule has 0 amide bonds. The van der Waals surface area contributed by atoms with E-state index < -0.39 is 35.0 Å². The third kappa shape index (κ3) is 2.92. The summed E-state index contributed by atoms with van der Waals surface area (Å²) >= 11 is 0. The van der Waals surface area contributed by atoms with Gasteiger partial charge in [-0.2, -0.15) is 5.26 Å². The van der Waals surface area contributed by atoms with Gasteiger partial charge in [-0.25, -0.2) is 17.6 Å². The van der Waals surface area contributed by atoms with Crippen LogP contribution in [0.15, 0.2) is 36.4 Å². The van der Waals surface area contributed by atoms with Gasteiger partial charge in [-0.3, -0.25) is 4.79 Å². The molecule has 2 nitrogen and oxygen atoms in total. The number of Topliss-reactive ketones (excluding diaryl/α,β-unsaturated/α-hetero) is 1. The molecule has 0 saturated carbocycles. The Balaban J connectivity index is 2.43. The third-order valence-corrected chi connectivity index (χ3v) is 2.87. The number of rotatable bonds is 3. The second kappa shape index (κ2) is 5.75. The van der Waals surface area contributed by atoms with Gasteiger partial charge in [-0.15, -0.1) is 0 Å². The van der Waals surface area contributed by atoms with Crippen LogP contribution in [0.5, 0.6) is 0 Å². The van der Waals surface area contributed by atoms with Gasteiger partial charge in [0.15, 0.2) is 17.4 Å². The highest BCUT2D eigenvalue weighted by Gasteiger charge is 2.25. The SMILES string of the molecule is N#CC(C(=O)c1ccc(F)c(F)c1)c1ccc(F)cc1F. The summed E-state index contributed by atoms with van der Waals surface area (Å²) in [6.45, 7) is 0. The molecule has 0 aliphatic heterocycles. The van der Waals surface area contributed by atoms with Crippen molar-refractivity contribution in [1.82, 2.24) is 0 Å². The van der Waals surface area contributed by atoms with E-state index in [9.17, 15) is 22.4 Å². The molecule has 2 aromatic carbocycles. The third-order valence-electron chi connectivity index (χ3n) is 2.87. The lowest BCUT2D eigenvalue weighted by atomic mass is 9.91. The normalized spacial score (nSPS) is 11.8. The van der Waals surface area contributed by atoms with Crippen LogP contribution in [0.1, 0.15) is 21.8 Å². The maximum Gasteiger partial charge on any atom is 0.184 e. The molecule has 0 saturated heterocycles. The van der Waals surface area contributed by atoms with Crippen molar-refractivity contribution in [3.8, 4) is 6.07 Å². The molecule has 0 bridgehead atoms. The predicted molar refractivity (Wildman–Crippen MR) is 65.4 cm³/mol. The molecule has 0 radical (unpaired) electrons. The first kappa shape index (κ1) is 14.7. The quantitative estimate of drug-likeness (QED) is 0.639. The molecule has 6 heteroatoms. The molecule has 1 atom stereocenters. The van der Waals surface area contributed by atoms with Gasteiger partial charge in [0.05, 0.1) is 6.07 Å². The van der Waals surface area contributed by atoms with Crippen molar-refractivity contribution in [3.05, 3.63) is 70.8 Å². The topological polar surface area (TPSA) is 40.9 Å². The molecule has 2 rings (SSSR count). The van der Waals surface area contributed by atoms with E-state index in [-0.39, 0.29) is 11.1 Å². The Labute approximate surface area is 117 Å². The van der Waals surface area contributed by atoms with E-state index in [1.807, 2.05) is 0 Å². The predicted octanol–water partition coefficient (Wildman–Crippen LogP) is 3.73. The summed E-state index contributed by atoms with van der Waals surface area (Å²) < 4.78 is 52.4. The average Bonchev–Trinajstić information content (AvgIpc) is 2.44. The minimum Gasteiger partial charge on any atom is -0.292 e. The van der Waals surface area contributed by atoms with Crippen molar-refractivity contribution in [2.45, 2.75) is 5.92 Å². The number of benzene rings is 2. The Morgan fingerprint density at radius 1 is 0.952 bits per heavy atom. The lowest BCUT2D eigenvalue weighted by Gasteiger charge is -2.10. The molecule has 0 spiro atoms. The fourth-order valence-electron chi connectivity index (χ4n) is 1.82. The van der Waals surface area contributed by atoms with Gasteiger partial charge in [-0.1, -0.05) is 6.07 Å². The number of hydrogen-bond donors (Lipinski definition) is 0. The smallest absolute Gasteiger partial charge is 0.184 e. The van der Waals surface area contributed by atoms with Crippen molar-refractivity contribution in [2.75, 3.05) is 0 Å². The van der Waals surface area contributed by atoms with Gasteiger partial charge in [0.25, 0.3) is 0 Å². The summed E-state index contributed by atoms with van der Waals surface area (Å²) in [6, 6.07) is 6.35. The van der Waals surface area contributed by atoms with E-state index in [1.165, 1.54) is 0 Å². The molecule has 0 fully saturated rings. The maximum absolute atomic E-state index is 13.6. The van der Waals surface area contributed by atoms with Gasteiger partial charge in [0.2, 0.25) is 0 Å². The summed E-state index contributed by atoms with van der Waals surface area (Å²) in [6.07, 6.45) is 0. The zero-order chi connectivity index (χ0) is 15.6. The Kier molecular flexibility index (Phi) is 4.03. The molecular weight excluding hydrogens is 286 g/mol. The summed E-state index contributed by atoms with van der Waals surface area (Å²) in [4.78, 5) is 12.1. The molecule has 0 N–H and O–H groups in total. The van der Waals surface area contributed by atoms with Gasteiger partial charge in [-0.05, 0) is 24.3 Å². The van der Waals surface area contributed by atoms with Crippen LogP contribution in [-0.4, -0.2) is 5.78 Å². The van der Waals surface area contributed by atoms with Crippen molar-refractivity contribution >= 4 is 5.78 Å². The van der Waals surface area contributed by atoms with E-state index in [2.05, 4.69) is 0 Å². The Morgan fingerprint density at radius 3 is 2.24 bits per heavy atom. The molecule has 21 heavy (non-hydrogen) atoms. The van der Waals surface area contributed by atoms with Crippen molar-refractivity contribution in [1.29, 1.82) is 5.26 Å². The van der Waals surface area contributed by atoms with Crippen molar-refractivity contribution in [2.24, 2.45) is 0 Å². The van der Waals surface area contributed by atoms with Crippen LogP contribution >= 0.6 is 0 Å². The number of halogens is 4. The van der Waals surface area contributed by atoms with E-state index in [4.69, 9.17) is 5.26 Å². The van der Waals surface area contributed by atoms with Gasteiger partial charge in [0, 0.05) is 17.2 Å². The summed E-state index contributed by atoms with van der Waals surface area (Å²) in [5.74, 6) is -6.78. The van der Waals surface area contributed by atoms with Gasteiger partial charge < -0.3 is 0 Å². The fraction of sp³-hybridized carbons (Fsp3) is 0.0667. The zero-order valence-corrected chi connectivity index (χ0v) is 10.4. The number of carbonyl (C=O) groups excluding carboxylic acids is 1. The van der Waals surface area contributed by atoms with Crippen LogP contribution in [0, 0.1) is 34.6 Å². The maximum atomic E-state index is 13.6. The highest BCUT2D eigenvalue weighted by Crippen LogP contribution is 2.24. The lowest BCUT2D eigenvalue weighted by molar-refractivity contribution is 0.0977. The van der Waals surface area contributed by atoms with Crippen LogP contribution in [-0.2, 0) is 0 Å². The minimum atomic E-state index is -1.57. The number of nitrogens with zero attached hydrogens (tertiary/aromatic N) is 1. The highest BCUT2D eigenvalue weighted by atomic mass is 19.2. The molecule has 0 heterocycles. The van der Waals surface area contributed by atoms with Gasteiger partial charge >= 0.3 is 0 Å². The van der Waals surface area contributed by atoms with Crippen LogP contribution in [0.4, 0.5) is 17.6 Å². The highest BCUT2D eigenvalue weighted by molar-refractivity contribution is 6.02. The molecule has 0 aliphatic rings. The summed E-state index contributed by atoms with van der Waals surface area (Å²) in [5, 5.41) is 9.03. The second-order valence-corrected chi connectivity index (χ2v) is 4.22. The molecule has 106 valence electrons. The van der Waals surface area contributed by atoms with E-state index in [0.29, 0.717) is 12.1 Å². The van der Waals surface area contributed by atoms with Crippen molar-refractivity contribution < 1.29 is 22.4 Å². The largest absolute Gasteiger partial charge is 0.292 e. The summed E-state index contributed by atoms with van der Waals surface area (Å²) in [5.41, 5.74) is -0.599. The minimum absolute atomic E-state index is 0.274. The second-order valence-electron chi connectivity index (χ2n) is 4.22. The monoisotopic (exact) mass is 293 g/mol.